The Morgan fingerprint density at radius 1 is 1.46 bits per heavy atom. The third kappa shape index (κ3) is 3.73. The average Bonchev–Trinajstić information content (AvgIpc) is 2.42. The van der Waals surface area contributed by atoms with Crippen LogP contribution >= 0.6 is 0 Å². The lowest BCUT2D eigenvalue weighted by molar-refractivity contribution is -0.119. The number of hydrogen-bond acceptors (Lipinski definition) is 2. The van der Waals surface area contributed by atoms with Crippen LogP contribution in [0.15, 0.2) is 11.6 Å². The second-order valence-corrected chi connectivity index (χ2v) is 3.39. The molecule has 0 saturated heterocycles. The van der Waals surface area contributed by atoms with Crippen molar-refractivity contribution in [2.75, 3.05) is 13.2 Å². The lowest BCUT2D eigenvalue weighted by atomic mass is 10.1. The van der Waals surface area contributed by atoms with Gasteiger partial charge in [0.25, 0.3) is 0 Å². The molecule has 0 atom stereocenters. The maximum atomic E-state index is 11.5. The van der Waals surface area contributed by atoms with Crippen molar-refractivity contribution in [1.82, 2.24) is 0 Å². The Labute approximate surface area is 80.0 Å². The molecule has 0 aromatic carbocycles. The lowest BCUT2D eigenvalue weighted by Crippen LogP contribution is -2.11. The highest BCUT2D eigenvalue weighted by Crippen LogP contribution is 2.17. The minimum atomic E-state index is 0.184. The van der Waals surface area contributed by atoms with Crippen molar-refractivity contribution >= 4 is 5.78 Å². The highest BCUT2D eigenvalue weighted by atomic mass is 16.5. The van der Waals surface area contributed by atoms with Gasteiger partial charge >= 0.3 is 0 Å². The maximum absolute atomic E-state index is 11.5. The van der Waals surface area contributed by atoms with Gasteiger partial charge in [-0.15, -0.1) is 0 Å². The summed E-state index contributed by atoms with van der Waals surface area (Å²) in [5.41, 5.74) is 0.992. The molecule has 0 aromatic heterocycles. The normalized spacial score (nSPS) is 17.8. The van der Waals surface area contributed by atoms with E-state index in [-0.39, 0.29) is 12.4 Å². The van der Waals surface area contributed by atoms with Crippen LogP contribution in [0, 0.1) is 0 Å². The molecule has 0 aliphatic heterocycles. The minimum absolute atomic E-state index is 0.184. The lowest BCUT2D eigenvalue weighted by Gasteiger charge is -2.03. The van der Waals surface area contributed by atoms with E-state index in [1.165, 1.54) is 12.8 Å². The molecule has 74 valence electrons. The summed E-state index contributed by atoms with van der Waals surface area (Å²) in [7, 11) is 0. The molecule has 0 N–H and O–H groups in total. The molecule has 2 heteroatoms. The Morgan fingerprint density at radius 2 is 2.31 bits per heavy atom. The molecular weight excluding hydrogens is 164 g/mol. The van der Waals surface area contributed by atoms with Gasteiger partial charge < -0.3 is 4.74 Å². The van der Waals surface area contributed by atoms with Crippen LogP contribution in [0.3, 0.4) is 0 Å². The smallest absolute Gasteiger partial charge is 0.184 e. The van der Waals surface area contributed by atoms with E-state index >= 15 is 0 Å². The van der Waals surface area contributed by atoms with Crippen molar-refractivity contribution in [3.05, 3.63) is 11.6 Å². The molecule has 0 aromatic rings. The van der Waals surface area contributed by atoms with Gasteiger partial charge in [-0.2, -0.15) is 0 Å². The van der Waals surface area contributed by atoms with Gasteiger partial charge in [-0.05, 0) is 38.2 Å². The Balaban J connectivity index is 2.39. The summed E-state index contributed by atoms with van der Waals surface area (Å²) in [4.78, 5) is 11.5. The van der Waals surface area contributed by atoms with Crippen molar-refractivity contribution in [1.29, 1.82) is 0 Å². The summed E-state index contributed by atoms with van der Waals surface area (Å²) in [6, 6.07) is 0. The molecule has 0 bridgehead atoms. The van der Waals surface area contributed by atoms with Crippen molar-refractivity contribution in [3.63, 3.8) is 0 Å². The van der Waals surface area contributed by atoms with Gasteiger partial charge in [0.05, 0.1) is 0 Å². The van der Waals surface area contributed by atoms with Crippen LogP contribution in [-0.2, 0) is 9.53 Å². The standard InChI is InChI=1S/C11H18O2/c1-2-13-9-11(12)10-7-5-3-4-6-8-10/h7H,2-6,8-9H2,1H3. The topological polar surface area (TPSA) is 26.3 Å². The van der Waals surface area contributed by atoms with E-state index in [4.69, 9.17) is 4.74 Å². The van der Waals surface area contributed by atoms with Crippen molar-refractivity contribution in [2.45, 2.75) is 39.0 Å². The van der Waals surface area contributed by atoms with Crippen LogP contribution in [-0.4, -0.2) is 19.0 Å². The second-order valence-electron chi connectivity index (χ2n) is 3.39. The summed E-state index contributed by atoms with van der Waals surface area (Å²) in [5, 5.41) is 0. The first-order valence-corrected chi connectivity index (χ1v) is 5.14. The molecule has 2 nitrogen and oxygen atoms in total. The molecule has 0 amide bonds. The monoisotopic (exact) mass is 182 g/mol. The van der Waals surface area contributed by atoms with Gasteiger partial charge in [-0.25, -0.2) is 0 Å². The van der Waals surface area contributed by atoms with Gasteiger partial charge in [0, 0.05) is 6.61 Å². The Morgan fingerprint density at radius 3 is 3.08 bits per heavy atom. The van der Waals surface area contributed by atoms with Gasteiger partial charge in [0.1, 0.15) is 6.61 Å². The van der Waals surface area contributed by atoms with E-state index in [9.17, 15) is 4.79 Å². The SMILES string of the molecule is CCOCC(=O)C1=CCCCCC1. The van der Waals surface area contributed by atoms with E-state index in [0.29, 0.717) is 6.61 Å². The summed E-state index contributed by atoms with van der Waals surface area (Å²) in [6.45, 7) is 2.80. The highest BCUT2D eigenvalue weighted by molar-refractivity contribution is 5.96. The molecule has 1 rings (SSSR count). The number of rotatable bonds is 4. The highest BCUT2D eigenvalue weighted by Gasteiger charge is 2.10. The van der Waals surface area contributed by atoms with E-state index in [1.54, 1.807) is 0 Å². The fraction of sp³-hybridized carbons (Fsp3) is 0.727. The average molecular weight is 182 g/mol. The van der Waals surface area contributed by atoms with Crippen molar-refractivity contribution in [2.24, 2.45) is 0 Å². The van der Waals surface area contributed by atoms with E-state index in [1.807, 2.05) is 6.92 Å². The third-order valence-electron chi connectivity index (χ3n) is 2.34. The number of allylic oxidation sites excluding steroid dienone is 1. The predicted octanol–water partition coefficient (Wildman–Crippen LogP) is 2.48. The van der Waals surface area contributed by atoms with Crippen molar-refractivity contribution in [3.8, 4) is 0 Å². The fourth-order valence-electron chi connectivity index (χ4n) is 1.56. The zero-order valence-electron chi connectivity index (χ0n) is 8.34. The second kappa shape index (κ2) is 5.92. The molecular formula is C11H18O2. The van der Waals surface area contributed by atoms with Crippen LogP contribution in [0.4, 0.5) is 0 Å². The summed E-state index contributed by atoms with van der Waals surface area (Å²) in [6.07, 6.45) is 7.74. The number of hydrogen-bond donors (Lipinski definition) is 0. The van der Waals surface area contributed by atoms with Crippen LogP contribution in [0.2, 0.25) is 0 Å². The zero-order chi connectivity index (χ0) is 9.52. The first-order chi connectivity index (χ1) is 6.34. The quantitative estimate of drug-likeness (QED) is 0.667. The molecule has 0 fully saturated rings. The van der Waals surface area contributed by atoms with Crippen LogP contribution < -0.4 is 0 Å². The largest absolute Gasteiger partial charge is 0.374 e. The zero-order valence-corrected chi connectivity index (χ0v) is 8.34. The number of ketones is 1. The number of carbonyl (C=O) groups is 1. The van der Waals surface area contributed by atoms with E-state index in [0.717, 1.165) is 24.8 Å². The van der Waals surface area contributed by atoms with Gasteiger partial charge in [-0.1, -0.05) is 12.5 Å². The predicted molar refractivity (Wildman–Crippen MR) is 52.7 cm³/mol. The number of ether oxygens (including phenoxy) is 1. The molecule has 0 radical (unpaired) electrons. The number of carbonyl (C=O) groups excluding carboxylic acids is 1. The van der Waals surface area contributed by atoms with E-state index in [2.05, 4.69) is 6.08 Å². The molecule has 0 unspecified atom stereocenters. The first-order valence-electron chi connectivity index (χ1n) is 5.14. The summed E-state index contributed by atoms with van der Waals surface area (Å²) in [5.74, 6) is 0.184. The Kier molecular flexibility index (Phi) is 4.76. The third-order valence-corrected chi connectivity index (χ3v) is 2.34. The van der Waals surface area contributed by atoms with Gasteiger partial charge in [0.15, 0.2) is 5.78 Å². The molecule has 13 heavy (non-hydrogen) atoms. The summed E-state index contributed by atoms with van der Waals surface area (Å²) < 4.78 is 5.10. The van der Waals surface area contributed by atoms with Crippen LogP contribution in [0.1, 0.15) is 39.0 Å². The van der Waals surface area contributed by atoms with Crippen LogP contribution in [0.5, 0.6) is 0 Å². The molecule has 1 aliphatic rings. The molecule has 1 aliphatic carbocycles. The van der Waals surface area contributed by atoms with Gasteiger partial charge in [0.2, 0.25) is 0 Å². The first kappa shape index (κ1) is 10.5. The summed E-state index contributed by atoms with van der Waals surface area (Å²) >= 11 is 0. The number of Topliss-reactive ketones (excluding diaryl/α,β-unsaturated/α-hetero) is 1. The molecule has 0 spiro atoms. The van der Waals surface area contributed by atoms with Crippen LogP contribution in [0.25, 0.3) is 0 Å². The van der Waals surface area contributed by atoms with Gasteiger partial charge in [-0.3, -0.25) is 4.79 Å². The Bertz CT molecular complexity index is 194. The Hall–Kier alpha value is -0.630. The van der Waals surface area contributed by atoms with Crippen molar-refractivity contribution < 1.29 is 9.53 Å². The fourth-order valence-corrected chi connectivity index (χ4v) is 1.56. The molecule has 0 saturated carbocycles. The maximum Gasteiger partial charge on any atom is 0.184 e. The van der Waals surface area contributed by atoms with E-state index < -0.39 is 0 Å². The molecule has 0 heterocycles. The minimum Gasteiger partial charge on any atom is -0.374 e.